The molecular weight excluding hydrogens is 410 g/mol. The first-order valence-electron chi connectivity index (χ1n) is 10.4. The van der Waals surface area contributed by atoms with Crippen molar-refractivity contribution in [1.82, 2.24) is 14.6 Å². The molecule has 0 atom stereocenters. The molecule has 2 aromatic heterocycles. The Morgan fingerprint density at radius 2 is 1.84 bits per heavy atom. The second kappa shape index (κ2) is 8.40. The maximum Gasteiger partial charge on any atom is 0.274 e. The summed E-state index contributed by atoms with van der Waals surface area (Å²) >= 11 is 6.14. The molecule has 4 aromatic rings. The van der Waals surface area contributed by atoms with Crippen molar-refractivity contribution < 1.29 is 4.79 Å². The molecule has 0 aliphatic heterocycles. The van der Waals surface area contributed by atoms with Crippen LogP contribution in [0.15, 0.2) is 67.0 Å². The van der Waals surface area contributed by atoms with Crippen LogP contribution in [0.25, 0.3) is 16.8 Å². The zero-order valence-corrected chi connectivity index (χ0v) is 17.6. The van der Waals surface area contributed by atoms with E-state index in [4.69, 9.17) is 11.6 Å². The Morgan fingerprint density at radius 3 is 2.65 bits per heavy atom. The fourth-order valence-corrected chi connectivity index (χ4v) is 4.24. The van der Waals surface area contributed by atoms with Gasteiger partial charge in [0.1, 0.15) is 5.69 Å². The zero-order chi connectivity index (χ0) is 21.2. The van der Waals surface area contributed by atoms with E-state index in [-0.39, 0.29) is 5.91 Å². The third-order valence-corrected chi connectivity index (χ3v) is 5.86. The first-order valence-corrected chi connectivity index (χ1v) is 10.8. The van der Waals surface area contributed by atoms with Crippen LogP contribution in [-0.4, -0.2) is 26.5 Å². The first kappa shape index (κ1) is 19.6. The van der Waals surface area contributed by atoms with Gasteiger partial charge in [0, 0.05) is 22.8 Å². The van der Waals surface area contributed by atoms with E-state index in [2.05, 4.69) is 20.7 Å². The lowest BCUT2D eigenvalue weighted by molar-refractivity contribution is 0.102. The molecule has 0 radical (unpaired) electrons. The van der Waals surface area contributed by atoms with Gasteiger partial charge in [-0.1, -0.05) is 48.7 Å². The number of aromatic nitrogens is 3. The largest absolute Gasteiger partial charge is 0.381 e. The Labute approximate surface area is 185 Å². The average molecular weight is 432 g/mol. The maximum absolute atomic E-state index is 13.0. The third kappa shape index (κ3) is 4.11. The van der Waals surface area contributed by atoms with Gasteiger partial charge in [-0.3, -0.25) is 4.79 Å². The van der Waals surface area contributed by atoms with E-state index in [0.717, 1.165) is 35.3 Å². The first-order chi connectivity index (χ1) is 15.2. The smallest absolute Gasteiger partial charge is 0.274 e. The summed E-state index contributed by atoms with van der Waals surface area (Å²) in [6.07, 6.45) is 8.29. The fraction of sp³-hybridized carbons (Fsp3) is 0.208. The predicted molar refractivity (Wildman–Crippen MR) is 124 cm³/mol. The van der Waals surface area contributed by atoms with Crippen molar-refractivity contribution in [2.24, 2.45) is 0 Å². The quantitative estimate of drug-likeness (QED) is 0.428. The molecule has 31 heavy (non-hydrogen) atoms. The highest BCUT2D eigenvalue weighted by Crippen LogP contribution is 2.28. The van der Waals surface area contributed by atoms with Gasteiger partial charge in [-0.05, 0) is 48.7 Å². The number of halogens is 1. The van der Waals surface area contributed by atoms with E-state index < -0.39 is 0 Å². The third-order valence-electron chi connectivity index (χ3n) is 5.63. The van der Waals surface area contributed by atoms with E-state index in [1.54, 1.807) is 23.0 Å². The Kier molecular flexibility index (Phi) is 5.30. The number of hydrogen-bond acceptors (Lipinski definition) is 4. The molecule has 156 valence electrons. The number of fused-ring (bicyclic) bond motifs is 1. The summed E-state index contributed by atoms with van der Waals surface area (Å²) < 4.78 is 1.66. The van der Waals surface area contributed by atoms with Crippen LogP contribution >= 0.6 is 11.6 Å². The SMILES string of the molecule is O=C(Nc1ccccc1NC1CCCC1)c1ccn2ncc(-c3cccc(Cl)c3)c2n1. The van der Waals surface area contributed by atoms with Gasteiger partial charge in [0.05, 0.1) is 17.6 Å². The molecule has 2 aromatic carbocycles. The molecule has 0 saturated heterocycles. The van der Waals surface area contributed by atoms with Crippen LogP contribution in [-0.2, 0) is 0 Å². The van der Waals surface area contributed by atoms with E-state index >= 15 is 0 Å². The van der Waals surface area contributed by atoms with Gasteiger partial charge < -0.3 is 10.6 Å². The maximum atomic E-state index is 13.0. The van der Waals surface area contributed by atoms with Crippen molar-refractivity contribution >= 4 is 34.5 Å². The molecule has 2 N–H and O–H groups in total. The summed E-state index contributed by atoms with van der Waals surface area (Å²) in [6, 6.07) is 17.4. The number of benzene rings is 2. The lowest BCUT2D eigenvalue weighted by Gasteiger charge is -2.17. The second-order valence-corrected chi connectivity index (χ2v) is 8.21. The van der Waals surface area contributed by atoms with Gasteiger partial charge >= 0.3 is 0 Å². The van der Waals surface area contributed by atoms with E-state index in [0.29, 0.717) is 22.4 Å². The Bertz CT molecular complexity index is 1250. The molecule has 1 amide bonds. The molecule has 0 spiro atoms. The van der Waals surface area contributed by atoms with Crippen LogP contribution in [0, 0.1) is 0 Å². The summed E-state index contributed by atoms with van der Waals surface area (Å²) in [4.78, 5) is 17.6. The van der Waals surface area contributed by atoms with Crippen molar-refractivity contribution in [2.45, 2.75) is 31.7 Å². The lowest BCUT2D eigenvalue weighted by atomic mass is 10.1. The van der Waals surface area contributed by atoms with Gasteiger partial charge in [-0.15, -0.1) is 0 Å². The molecule has 1 aliphatic rings. The number of amides is 1. The van der Waals surface area contributed by atoms with Gasteiger partial charge in [-0.2, -0.15) is 5.10 Å². The summed E-state index contributed by atoms with van der Waals surface area (Å²) in [6.45, 7) is 0. The second-order valence-electron chi connectivity index (χ2n) is 7.77. The normalized spacial score (nSPS) is 14.1. The van der Waals surface area contributed by atoms with Crippen molar-refractivity contribution in [3.05, 3.63) is 77.7 Å². The van der Waals surface area contributed by atoms with Crippen LogP contribution in [0.1, 0.15) is 36.2 Å². The standard InChI is InChI=1S/C24H22ClN5O/c25-17-7-5-6-16(14-17)19-15-26-30-13-12-22(28-23(19)30)24(31)29-21-11-4-3-10-20(21)27-18-8-1-2-9-18/h3-7,10-15,18,27H,1-2,8-9H2,(H,29,31). The van der Waals surface area contributed by atoms with Crippen LogP contribution in [0.5, 0.6) is 0 Å². The predicted octanol–water partition coefficient (Wildman–Crippen LogP) is 5.66. The number of carbonyl (C=O) groups excluding carboxylic acids is 1. The number of nitrogens with one attached hydrogen (secondary N) is 2. The Balaban J connectivity index is 1.42. The molecule has 0 unspecified atom stereocenters. The van der Waals surface area contributed by atoms with Gasteiger partial charge in [0.25, 0.3) is 5.91 Å². The molecule has 1 saturated carbocycles. The summed E-state index contributed by atoms with van der Waals surface area (Å²) in [5, 5.41) is 11.6. The monoisotopic (exact) mass is 431 g/mol. The lowest BCUT2D eigenvalue weighted by Crippen LogP contribution is -2.19. The summed E-state index contributed by atoms with van der Waals surface area (Å²) in [5.41, 5.74) is 4.34. The number of nitrogens with zero attached hydrogens (tertiary/aromatic N) is 3. The van der Waals surface area contributed by atoms with Crippen LogP contribution < -0.4 is 10.6 Å². The van der Waals surface area contributed by atoms with Crippen molar-refractivity contribution in [3.63, 3.8) is 0 Å². The molecule has 1 fully saturated rings. The average Bonchev–Trinajstić information content (AvgIpc) is 3.44. The number of para-hydroxylation sites is 2. The van der Waals surface area contributed by atoms with Crippen molar-refractivity contribution in [3.8, 4) is 11.1 Å². The van der Waals surface area contributed by atoms with Crippen LogP contribution in [0.2, 0.25) is 5.02 Å². The zero-order valence-electron chi connectivity index (χ0n) is 16.9. The fourth-order valence-electron chi connectivity index (χ4n) is 4.05. The van der Waals surface area contributed by atoms with E-state index in [1.807, 2.05) is 48.5 Å². The van der Waals surface area contributed by atoms with E-state index in [9.17, 15) is 4.79 Å². The highest BCUT2D eigenvalue weighted by molar-refractivity contribution is 6.30. The van der Waals surface area contributed by atoms with Crippen LogP contribution in [0.3, 0.4) is 0 Å². The highest BCUT2D eigenvalue weighted by atomic mass is 35.5. The van der Waals surface area contributed by atoms with Gasteiger partial charge in [-0.25, -0.2) is 9.50 Å². The number of anilines is 2. The minimum Gasteiger partial charge on any atom is -0.381 e. The highest BCUT2D eigenvalue weighted by Gasteiger charge is 2.18. The van der Waals surface area contributed by atoms with Crippen molar-refractivity contribution in [1.29, 1.82) is 0 Å². The molecule has 5 rings (SSSR count). The minimum atomic E-state index is -0.263. The Morgan fingerprint density at radius 1 is 1.03 bits per heavy atom. The molecule has 1 aliphatic carbocycles. The summed E-state index contributed by atoms with van der Waals surface area (Å²) in [7, 11) is 0. The number of carbonyl (C=O) groups is 1. The molecule has 0 bridgehead atoms. The minimum absolute atomic E-state index is 0.263. The Hall–Kier alpha value is -3.38. The molecule has 7 heteroatoms. The number of rotatable bonds is 5. The van der Waals surface area contributed by atoms with Crippen molar-refractivity contribution in [2.75, 3.05) is 10.6 Å². The number of hydrogen-bond donors (Lipinski definition) is 2. The molecule has 6 nitrogen and oxygen atoms in total. The summed E-state index contributed by atoms with van der Waals surface area (Å²) in [5.74, 6) is -0.263. The molecule has 2 heterocycles. The topological polar surface area (TPSA) is 71.3 Å². The molecular formula is C24H22ClN5O. The van der Waals surface area contributed by atoms with Gasteiger partial charge in [0.15, 0.2) is 5.65 Å². The van der Waals surface area contributed by atoms with E-state index in [1.165, 1.54) is 12.8 Å². The van der Waals surface area contributed by atoms with Gasteiger partial charge in [0.2, 0.25) is 0 Å². The van der Waals surface area contributed by atoms with Crippen LogP contribution in [0.4, 0.5) is 11.4 Å².